The van der Waals surface area contributed by atoms with Crippen LogP contribution in [0.5, 0.6) is 0 Å². The molecule has 0 fully saturated rings. The maximum Gasteiger partial charge on any atom is 0.329 e. The minimum atomic E-state index is -0.753. The van der Waals surface area contributed by atoms with Crippen molar-refractivity contribution in [2.75, 3.05) is 12.9 Å². The van der Waals surface area contributed by atoms with E-state index in [0.29, 0.717) is 12.8 Å². The van der Waals surface area contributed by atoms with Crippen LogP contribution in [0.3, 0.4) is 0 Å². The van der Waals surface area contributed by atoms with Gasteiger partial charge >= 0.3 is 5.97 Å². The van der Waals surface area contributed by atoms with E-state index in [2.05, 4.69) is 19.2 Å². The summed E-state index contributed by atoms with van der Waals surface area (Å²) in [4.78, 5) is 35.8. The number of carbonyl (C=O) groups is 3. The number of rotatable bonds is 16. The number of hydrogen-bond donors (Lipinski definition) is 1. The quantitative estimate of drug-likeness (QED) is 0.309. The lowest BCUT2D eigenvalue weighted by Gasteiger charge is -2.16. The molecule has 6 heteroatoms. The van der Waals surface area contributed by atoms with Crippen LogP contribution in [0.4, 0.5) is 0 Å². The molecule has 0 saturated heterocycles. The van der Waals surface area contributed by atoms with Crippen molar-refractivity contribution < 1.29 is 19.1 Å². The number of hydrogen-bond acceptors (Lipinski definition) is 5. The molecule has 0 rings (SSSR count). The molecule has 26 heavy (non-hydrogen) atoms. The highest BCUT2D eigenvalue weighted by Crippen LogP contribution is 2.13. The van der Waals surface area contributed by atoms with Gasteiger partial charge in [-0.3, -0.25) is 9.59 Å². The van der Waals surface area contributed by atoms with E-state index >= 15 is 0 Å². The van der Waals surface area contributed by atoms with E-state index in [9.17, 15) is 14.4 Å². The smallest absolute Gasteiger partial charge is 0.329 e. The molecule has 152 valence electrons. The molecule has 0 aliphatic carbocycles. The van der Waals surface area contributed by atoms with Crippen LogP contribution in [0.2, 0.25) is 0 Å². The second kappa shape index (κ2) is 17.4. The molecule has 1 N–H and O–H groups in total. The lowest BCUT2D eigenvalue weighted by Crippen LogP contribution is -2.43. The zero-order valence-electron chi connectivity index (χ0n) is 16.8. The zero-order valence-corrected chi connectivity index (χ0v) is 17.6. The van der Waals surface area contributed by atoms with E-state index in [1.54, 1.807) is 0 Å². The first-order chi connectivity index (χ1) is 12.5. The van der Waals surface area contributed by atoms with Gasteiger partial charge in [0.2, 0.25) is 5.91 Å². The normalized spacial score (nSPS) is 11.8. The molecule has 1 amide bonds. The Hall–Kier alpha value is -1.04. The first kappa shape index (κ1) is 25.0. The third-order valence-corrected chi connectivity index (χ3v) is 5.25. The van der Waals surface area contributed by atoms with Crippen LogP contribution in [0.25, 0.3) is 0 Å². The molecule has 0 radical (unpaired) electrons. The highest BCUT2D eigenvalue weighted by Gasteiger charge is 2.22. The van der Waals surface area contributed by atoms with Gasteiger partial charge in [0.1, 0.15) is 6.04 Å². The Balaban J connectivity index is 4.09. The lowest BCUT2D eigenvalue weighted by atomic mass is 10.1. The van der Waals surface area contributed by atoms with Crippen molar-refractivity contribution in [2.45, 2.75) is 96.9 Å². The SMILES string of the molecule is CCCCCCCC(=O)NC(CSC(=O)CCCCCCC)C(=O)OC. The maximum atomic E-state index is 12.0. The summed E-state index contributed by atoms with van der Waals surface area (Å²) < 4.78 is 4.75. The van der Waals surface area contributed by atoms with Crippen LogP contribution in [-0.2, 0) is 19.1 Å². The first-order valence-corrected chi connectivity index (χ1v) is 11.1. The van der Waals surface area contributed by atoms with Crippen molar-refractivity contribution in [1.82, 2.24) is 5.32 Å². The van der Waals surface area contributed by atoms with Gasteiger partial charge in [-0.1, -0.05) is 77.0 Å². The van der Waals surface area contributed by atoms with Crippen LogP contribution in [0.1, 0.15) is 90.9 Å². The van der Waals surface area contributed by atoms with Crippen molar-refractivity contribution in [3.63, 3.8) is 0 Å². The van der Waals surface area contributed by atoms with Crippen LogP contribution in [-0.4, -0.2) is 35.9 Å². The number of thioether (sulfide) groups is 1. The summed E-state index contributed by atoms with van der Waals surface area (Å²) in [6, 6.07) is -0.753. The van der Waals surface area contributed by atoms with Gasteiger partial charge in [-0.25, -0.2) is 4.79 Å². The molecule has 5 nitrogen and oxygen atoms in total. The molecule has 1 unspecified atom stereocenters. The summed E-state index contributed by atoms with van der Waals surface area (Å²) in [6.45, 7) is 4.31. The van der Waals surface area contributed by atoms with Gasteiger partial charge in [0, 0.05) is 18.6 Å². The number of unbranched alkanes of at least 4 members (excludes halogenated alkanes) is 8. The lowest BCUT2D eigenvalue weighted by molar-refractivity contribution is -0.144. The monoisotopic (exact) mass is 387 g/mol. The summed E-state index contributed by atoms with van der Waals surface area (Å²) in [5, 5.41) is 2.78. The second-order valence-corrected chi connectivity index (χ2v) is 7.73. The average molecular weight is 388 g/mol. The number of esters is 1. The molecule has 0 bridgehead atoms. The third-order valence-electron chi connectivity index (χ3n) is 4.22. The van der Waals surface area contributed by atoms with E-state index in [1.807, 2.05) is 0 Å². The fourth-order valence-corrected chi connectivity index (χ4v) is 3.45. The van der Waals surface area contributed by atoms with Gasteiger partial charge in [0.05, 0.1) is 7.11 Å². The van der Waals surface area contributed by atoms with Gasteiger partial charge in [0.15, 0.2) is 5.12 Å². The zero-order chi connectivity index (χ0) is 19.6. The predicted octanol–water partition coefficient (Wildman–Crippen LogP) is 4.63. The summed E-state index contributed by atoms with van der Waals surface area (Å²) in [7, 11) is 1.30. The average Bonchev–Trinajstić information content (AvgIpc) is 2.64. The Bertz CT molecular complexity index is 401. The molecular weight excluding hydrogens is 350 g/mol. The van der Waals surface area contributed by atoms with E-state index in [1.165, 1.54) is 32.8 Å². The van der Waals surface area contributed by atoms with Crippen molar-refractivity contribution in [3.8, 4) is 0 Å². The Kier molecular flexibility index (Phi) is 16.7. The molecule has 0 heterocycles. The molecule has 1 atom stereocenters. The maximum absolute atomic E-state index is 12.0. The molecule has 0 aliphatic rings. The molecule has 0 aromatic heterocycles. The number of nitrogens with one attached hydrogen (secondary N) is 1. The van der Waals surface area contributed by atoms with Crippen molar-refractivity contribution in [2.24, 2.45) is 0 Å². The van der Waals surface area contributed by atoms with E-state index in [0.717, 1.165) is 50.3 Å². The summed E-state index contributed by atoms with van der Waals surface area (Å²) in [5.74, 6) is -0.403. The van der Waals surface area contributed by atoms with Crippen molar-refractivity contribution in [1.29, 1.82) is 0 Å². The molecule has 0 aromatic rings. The molecule has 0 spiro atoms. The Morgan fingerprint density at radius 1 is 0.846 bits per heavy atom. The molecular formula is C20H37NO4S. The van der Waals surface area contributed by atoms with Crippen LogP contribution >= 0.6 is 11.8 Å². The van der Waals surface area contributed by atoms with Crippen molar-refractivity contribution in [3.05, 3.63) is 0 Å². The second-order valence-electron chi connectivity index (χ2n) is 6.65. The van der Waals surface area contributed by atoms with Crippen LogP contribution in [0, 0.1) is 0 Å². The van der Waals surface area contributed by atoms with E-state index < -0.39 is 12.0 Å². The predicted molar refractivity (Wildman–Crippen MR) is 108 cm³/mol. The Morgan fingerprint density at radius 3 is 1.92 bits per heavy atom. The molecule has 0 aliphatic heterocycles. The third kappa shape index (κ3) is 14.2. The van der Waals surface area contributed by atoms with Gasteiger partial charge in [-0.15, -0.1) is 0 Å². The van der Waals surface area contributed by atoms with Gasteiger partial charge in [-0.2, -0.15) is 0 Å². The topological polar surface area (TPSA) is 72.5 Å². The highest BCUT2D eigenvalue weighted by molar-refractivity contribution is 8.13. The van der Waals surface area contributed by atoms with Gasteiger partial charge in [-0.05, 0) is 12.8 Å². The Labute approximate surface area is 163 Å². The number of ether oxygens (including phenoxy) is 1. The summed E-state index contributed by atoms with van der Waals surface area (Å²) in [5.41, 5.74) is 0. The number of amides is 1. The van der Waals surface area contributed by atoms with Gasteiger partial charge < -0.3 is 10.1 Å². The van der Waals surface area contributed by atoms with Crippen LogP contribution in [0.15, 0.2) is 0 Å². The van der Waals surface area contributed by atoms with Crippen LogP contribution < -0.4 is 5.32 Å². The Morgan fingerprint density at radius 2 is 1.38 bits per heavy atom. The van der Waals surface area contributed by atoms with E-state index in [-0.39, 0.29) is 16.8 Å². The minimum absolute atomic E-state index is 0.0733. The fraction of sp³-hybridized carbons (Fsp3) is 0.850. The number of carbonyl (C=O) groups excluding carboxylic acids is 3. The van der Waals surface area contributed by atoms with Gasteiger partial charge in [0.25, 0.3) is 0 Å². The summed E-state index contributed by atoms with van der Waals surface area (Å²) in [6.07, 6.45) is 11.8. The molecule has 0 saturated carbocycles. The number of methoxy groups -OCH3 is 1. The standard InChI is InChI=1S/C20H37NO4S/c1-4-6-8-10-12-14-18(22)21-17(20(24)25-3)16-26-19(23)15-13-11-9-7-5-2/h17H,4-16H2,1-3H3,(H,21,22). The van der Waals surface area contributed by atoms with E-state index in [4.69, 9.17) is 4.74 Å². The highest BCUT2D eigenvalue weighted by atomic mass is 32.2. The summed E-state index contributed by atoms with van der Waals surface area (Å²) >= 11 is 1.11. The first-order valence-electron chi connectivity index (χ1n) is 10.1. The van der Waals surface area contributed by atoms with Crippen molar-refractivity contribution >= 4 is 28.8 Å². The minimum Gasteiger partial charge on any atom is -0.467 e. The fourth-order valence-electron chi connectivity index (χ4n) is 2.59. The largest absolute Gasteiger partial charge is 0.467 e. The molecule has 0 aromatic carbocycles.